The van der Waals surface area contributed by atoms with Gasteiger partial charge < -0.3 is 10.8 Å². The highest BCUT2D eigenvalue weighted by Gasteiger charge is 2.46. The van der Waals surface area contributed by atoms with E-state index in [1.165, 1.54) is 12.1 Å². The minimum Gasteiger partial charge on any atom is -0.481 e. The lowest BCUT2D eigenvalue weighted by atomic mass is 9.90. The molecule has 21 heavy (non-hydrogen) atoms. The lowest BCUT2D eigenvalue weighted by molar-refractivity contribution is -0.143. The Kier molecular flexibility index (Phi) is 4.46. The van der Waals surface area contributed by atoms with Gasteiger partial charge in [0.2, 0.25) is 0 Å². The third-order valence-corrected chi connectivity index (χ3v) is 4.71. The quantitative estimate of drug-likeness (QED) is 0.557. The molecule has 0 amide bonds. The van der Waals surface area contributed by atoms with Crippen LogP contribution < -0.4 is 5.73 Å². The molecule has 7 heteroatoms. The molecule has 4 atom stereocenters. The van der Waals surface area contributed by atoms with Gasteiger partial charge in [-0.15, -0.1) is 0 Å². The fourth-order valence-corrected chi connectivity index (χ4v) is 3.30. The molecule has 114 valence electrons. The molecule has 0 unspecified atom stereocenters. The van der Waals surface area contributed by atoms with Gasteiger partial charge in [-0.1, -0.05) is 30.4 Å². The Hall–Kier alpha value is -1.70. The fraction of sp³-hybridized carbons (Fsp3) is 0.357. The monoisotopic (exact) mass is 311 g/mol. The number of allylic oxidation sites excluding steroid dienone is 1. The third kappa shape index (κ3) is 3.49. The highest BCUT2D eigenvalue weighted by Crippen LogP contribution is 2.42. The number of rotatable bonds is 2. The van der Waals surface area contributed by atoms with Crippen LogP contribution in [0.2, 0.25) is 0 Å². The molecule has 2 aliphatic rings. The van der Waals surface area contributed by atoms with Gasteiger partial charge in [-0.05, 0) is 30.4 Å². The summed E-state index contributed by atoms with van der Waals surface area (Å²) in [5.74, 6) is -0.548. The molecular weight excluding hydrogens is 294 g/mol. The summed E-state index contributed by atoms with van der Waals surface area (Å²) in [5, 5.41) is 8.79. The van der Waals surface area contributed by atoms with E-state index in [1.54, 1.807) is 18.2 Å². The van der Waals surface area contributed by atoms with Gasteiger partial charge in [-0.25, -0.2) is 0 Å². The Labute approximate surface area is 123 Å². The number of nitrogens with two attached hydrogens (primary N) is 1. The molecule has 2 aliphatic carbocycles. The van der Waals surface area contributed by atoms with Crippen LogP contribution in [-0.2, 0) is 14.9 Å². The number of benzene rings is 1. The van der Waals surface area contributed by atoms with Gasteiger partial charge in [-0.3, -0.25) is 9.35 Å². The maximum atomic E-state index is 10.7. The number of carboxylic acid groups (broad SMARTS) is 1. The Morgan fingerprint density at radius 1 is 1.14 bits per heavy atom. The molecule has 4 N–H and O–H groups in total. The normalized spacial score (nSPS) is 29.8. The van der Waals surface area contributed by atoms with Crippen LogP contribution in [-0.4, -0.2) is 30.1 Å². The van der Waals surface area contributed by atoms with E-state index in [0.29, 0.717) is 5.92 Å². The van der Waals surface area contributed by atoms with Crippen LogP contribution in [0.3, 0.4) is 0 Å². The second-order valence-electron chi connectivity index (χ2n) is 5.18. The standard InChI is InChI=1S/C8H11NO2.C6H6O3S/c9-7-5-2-1-4(3-5)6(7)8(10)11;7-10(8,9)6-4-2-1-3-5-6/h1-2,4-7H,3,9H2,(H,10,11);1-5H,(H,7,8,9)/t4-,5+,6-,7+;/m1./s1. The summed E-state index contributed by atoms with van der Waals surface area (Å²) in [5.41, 5.74) is 5.73. The summed E-state index contributed by atoms with van der Waals surface area (Å²) >= 11 is 0. The first-order valence-corrected chi connectivity index (χ1v) is 7.94. The van der Waals surface area contributed by atoms with Crippen molar-refractivity contribution in [3.8, 4) is 0 Å². The highest BCUT2D eigenvalue weighted by atomic mass is 32.2. The third-order valence-electron chi connectivity index (χ3n) is 3.85. The number of carbonyl (C=O) groups is 1. The number of hydrogen-bond donors (Lipinski definition) is 3. The lowest BCUT2D eigenvalue weighted by Crippen LogP contribution is -2.38. The van der Waals surface area contributed by atoms with Gasteiger partial charge in [0, 0.05) is 6.04 Å². The number of hydrogen-bond acceptors (Lipinski definition) is 4. The van der Waals surface area contributed by atoms with Crippen molar-refractivity contribution in [1.29, 1.82) is 0 Å². The first-order valence-electron chi connectivity index (χ1n) is 6.50. The van der Waals surface area contributed by atoms with Crippen molar-refractivity contribution < 1.29 is 22.9 Å². The molecule has 1 aromatic rings. The molecule has 0 saturated heterocycles. The predicted octanol–water partition coefficient (Wildman–Crippen LogP) is 1.15. The van der Waals surface area contributed by atoms with Gasteiger partial charge in [0.05, 0.1) is 10.8 Å². The van der Waals surface area contributed by atoms with E-state index < -0.39 is 16.1 Å². The van der Waals surface area contributed by atoms with E-state index in [9.17, 15) is 13.2 Å². The van der Waals surface area contributed by atoms with Gasteiger partial charge in [0.15, 0.2) is 0 Å². The molecule has 3 rings (SSSR count). The maximum absolute atomic E-state index is 10.7. The molecular formula is C14H17NO5S. The zero-order valence-corrected chi connectivity index (χ0v) is 12.0. The second-order valence-corrected chi connectivity index (χ2v) is 6.60. The van der Waals surface area contributed by atoms with Crippen molar-refractivity contribution >= 4 is 16.1 Å². The van der Waals surface area contributed by atoms with Crippen molar-refractivity contribution in [2.45, 2.75) is 17.4 Å². The van der Waals surface area contributed by atoms with Crippen molar-refractivity contribution in [1.82, 2.24) is 0 Å². The molecule has 6 nitrogen and oxygen atoms in total. The van der Waals surface area contributed by atoms with Crippen LogP contribution in [0.5, 0.6) is 0 Å². The zero-order valence-electron chi connectivity index (χ0n) is 11.2. The molecule has 0 heterocycles. The predicted molar refractivity (Wildman–Crippen MR) is 76.1 cm³/mol. The van der Waals surface area contributed by atoms with E-state index >= 15 is 0 Å². The zero-order chi connectivity index (χ0) is 15.6. The van der Waals surface area contributed by atoms with Crippen LogP contribution in [0, 0.1) is 17.8 Å². The van der Waals surface area contributed by atoms with Gasteiger partial charge in [-0.2, -0.15) is 8.42 Å². The summed E-state index contributed by atoms with van der Waals surface area (Å²) in [6.07, 6.45) is 4.99. The van der Waals surface area contributed by atoms with E-state index in [4.69, 9.17) is 15.4 Å². The van der Waals surface area contributed by atoms with Crippen LogP contribution in [0.25, 0.3) is 0 Å². The van der Waals surface area contributed by atoms with E-state index in [0.717, 1.165) is 6.42 Å². The first-order chi connectivity index (χ1) is 9.80. The van der Waals surface area contributed by atoms with E-state index in [2.05, 4.69) is 6.08 Å². The maximum Gasteiger partial charge on any atom is 0.308 e. The van der Waals surface area contributed by atoms with Gasteiger partial charge in [0.25, 0.3) is 10.1 Å². The van der Waals surface area contributed by atoms with Crippen molar-refractivity contribution in [3.05, 3.63) is 42.5 Å². The molecule has 0 spiro atoms. The Bertz CT molecular complexity index is 641. The SMILES string of the molecule is N[C@@H]1[C@H](C(=O)O)[C@@H]2C=C[C@H]1C2.O=S(=O)(O)c1ccccc1. The summed E-state index contributed by atoms with van der Waals surface area (Å²) < 4.78 is 29.2. The average Bonchev–Trinajstić information content (AvgIpc) is 3.00. The lowest BCUT2D eigenvalue weighted by Gasteiger charge is -2.19. The van der Waals surface area contributed by atoms with Crippen molar-refractivity contribution in [2.75, 3.05) is 0 Å². The first kappa shape index (κ1) is 15.7. The number of aliphatic carboxylic acids is 1. The minimum absolute atomic E-state index is 0.0741. The fourth-order valence-electron chi connectivity index (χ4n) is 2.80. The number of carboxylic acids is 1. The van der Waals surface area contributed by atoms with Crippen LogP contribution in [0.15, 0.2) is 47.4 Å². The Morgan fingerprint density at radius 3 is 2.05 bits per heavy atom. The average molecular weight is 311 g/mol. The molecule has 0 aromatic heterocycles. The smallest absolute Gasteiger partial charge is 0.308 e. The highest BCUT2D eigenvalue weighted by molar-refractivity contribution is 7.85. The largest absolute Gasteiger partial charge is 0.481 e. The summed E-state index contributed by atoms with van der Waals surface area (Å²) in [4.78, 5) is 10.6. The molecule has 1 aromatic carbocycles. The molecule has 2 bridgehead atoms. The summed E-state index contributed by atoms with van der Waals surface area (Å²) in [6, 6.07) is 7.27. The van der Waals surface area contributed by atoms with Gasteiger partial charge >= 0.3 is 5.97 Å². The van der Waals surface area contributed by atoms with Crippen LogP contribution in [0.1, 0.15) is 6.42 Å². The van der Waals surface area contributed by atoms with Crippen LogP contribution in [0.4, 0.5) is 0 Å². The summed E-state index contributed by atoms with van der Waals surface area (Å²) in [7, 11) is -4.00. The molecule has 0 radical (unpaired) electrons. The van der Waals surface area contributed by atoms with E-state index in [-0.39, 0.29) is 22.8 Å². The second kappa shape index (κ2) is 5.97. The van der Waals surface area contributed by atoms with Crippen LogP contribution >= 0.6 is 0 Å². The molecule has 1 fully saturated rings. The van der Waals surface area contributed by atoms with Gasteiger partial charge in [0.1, 0.15) is 0 Å². The van der Waals surface area contributed by atoms with Crippen molar-refractivity contribution in [2.24, 2.45) is 23.5 Å². The topological polar surface area (TPSA) is 118 Å². The number of fused-ring (bicyclic) bond motifs is 2. The summed E-state index contributed by atoms with van der Waals surface area (Å²) in [6.45, 7) is 0. The Balaban J connectivity index is 0.000000155. The molecule has 1 saturated carbocycles. The van der Waals surface area contributed by atoms with E-state index in [1.807, 2.05) is 6.08 Å². The van der Waals surface area contributed by atoms with Crippen molar-refractivity contribution in [3.63, 3.8) is 0 Å². The Morgan fingerprint density at radius 2 is 1.71 bits per heavy atom. The minimum atomic E-state index is -4.00. The molecule has 0 aliphatic heterocycles.